The molecule has 0 aromatic heterocycles. The van der Waals surface area contributed by atoms with Crippen LogP contribution in [0.3, 0.4) is 0 Å². The van der Waals surface area contributed by atoms with E-state index < -0.39 is 29.7 Å². The highest BCUT2D eigenvalue weighted by Gasteiger charge is 2.40. The van der Waals surface area contributed by atoms with Crippen LogP contribution in [-0.2, 0) is 19.1 Å². The highest BCUT2D eigenvalue weighted by atomic mass is 16.7. The maximum atomic E-state index is 12.2. The molecule has 1 aromatic carbocycles. The smallest absolute Gasteiger partial charge is 0.364 e. The number of unbranched alkanes of at least 4 members (excludes halogenated alkanes) is 1. The van der Waals surface area contributed by atoms with Crippen molar-refractivity contribution in [3.8, 4) is 0 Å². The minimum Gasteiger partial charge on any atom is -0.480 e. The van der Waals surface area contributed by atoms with Crippen molar-refractivity contribution in [2.24, 2.45) is 5.92 Å². The van der Waals surface area contributed by atoms with E-state index in [4.69, 9.17) is 14.6 Å². The molecular formula is C20H27NO7. The number of carboxylic acids is 2. The number of ether oxygens (including phenoxy) is 2. The lowest BCUT2D eigenvalue weighted by molar-refractivity contribution is -0.271. The number of aryl methyl sites for hydroxylation is 1. The van der Waals surface area contributed by atoms with Crippen LogP contribution in [0.4, 0.5) is 0 Å². The van der Waals surface area contributed by atoms with Crippen LogP contribution in [0.5, 0.6) is 0 Å². The first-order valence-electron chi connectivity index (χ1n) is 9.33. The van der Waals surface area contributed by atoms with Gasteiger partial charge in [0.1, 0.15) is 6.04 Å². The van der Waals surface area contributed by atoms with Gasteiger partial charge in [-0.25, -0.2) is 9.59 Å². The van der Waals surface area contributed by atoms with E-state index in [0.29, 0.717) is 18.4 Å². The Balaban J connectivity index is 1.73. The van der Waals surface area contributed by atoms with Gasteiger partial charge in [0.05, 0.1) is 13.2 Å². The number of amides is 1. The number of nitrogens with one attached hydrogen (secondary N) is 1. The summed E-state index contributed by atoms with van der Waals surface area (Å²) in [5.74, 6) is -4.15. The number of hydrogen-bond donors (Lipinski definition) is 3. The van der Waals surface area contributed by atoms with Gasteiger partial charge in [0, 0.05) is 18.4 Å². The van der Waals surface area contributed by atoms with Gasteiger partial charge in [0.2, 0.25) is 0 Å². The Morgan fingerprint density at radius 1 is 1.14 bits per heavy atom. The van der Waals surface area contributed by atoms with Crippen LogP contribution in [-0.4, -0.2) is 53.1 Å². The maximum Gasteiger partial charge on any atom is 0.364 e. The average Bonchev–Trinajstić information content (AvgIpc) is 2.65. The van der Waals surface area contributed by atoms with Gasteiger partial charge in [-0.15, -0.1) is 0 Å². The predicted octanol–water partition coefficient (Wildman–Crippen LogP) is 2.20. The van der Waals surface area contributed by atoms with Crippen LogP contribution in [0.25, 0.3) is 0 Å². The van der Waals surface area contributed by atoms with E-state index in [1.807, 2.05) is 6.92 Å². The molecule has 0 bridgehead atoms. The van der Waals surface area contributed by atoms with Crippen LogP contribution in [0.1, 0.15) is 48.5 Å². The fourth-order valence-corrected chi connectivity index (χ4v) is 2.92. The average molecular weight is 393 g/mol. The van der Waals surface area contributed by atoms with Crippen molar-refractivity contribution >= 4 is 17.8 Å². The normalized spacial score (nSPS) is 23.0. The second kappa shape index (κ2) is 9.66. The maximum absolute atomic E-state index is 12.2. The minimum atomic E-state index is -1.59. The standard InChI is InChI=1S/C20H27NO7/c1-13-7-9-15(10-8-13)17(22)21-16(18(23)24)6-4-3-5-14-11-27-20(2,19(25)26)28-12-14/h7-10,14,16H,3-6,11-12H2,1-2H3,(H,21,22)(H,23,24)(H,25,26)/t14-,16?,20+. The van der Waals surface area contributed by atoms with Gasteiger partial charge < -0.3 is 25.0 Å². The zero-order valence-electron chi connectivity index (χ0n) is 16.1. The Morgan fingerprint density at radius 3 is 2.29 bits per heavy atom. The van der Waals surface area contributed by atoms with E-state index in [0.717, 1.165) is 18.4 Å². The van der Waals surface area contributed by atoms with E-state index in [2.05, 4.69) is 5.32 Å². The second-order valence-corrected chi connectivity index (χ2v) is 7.25. The van der Waals surface area contributed by atoms with Gasteiger partial charge in [0.25, 0.3) is 11.7 Å². The monoisotopic (exact) mass is 393 g/mol. The number of aliphatic carboxylic acids is 2. The quantitative estimate of drug-likeness (QED) is 0.550. The van der Waals surface area contributed by atoms with E-state index >= 15 is 0 Å². The molecule has 0 radical (unpaired) electrons. The van der Waals surface area contributed by atoms with Crippen LogP contribution in [0.15, 0.2) is 24.3 Å². The number of carbonyl (C=O) groups is 3. The summed E-state index contributed by atoms with van der Waals surface area (Å²) in [6.07, 6.45) is 2.38. The highest BCUT2D eigenvalue weighted by Crippen LogP contribution is 2.24. The lowest BCUT2D eigenvalue weighted by Crippen LogP contribution is -2.47. The zero-order valence-corrected chi connectivity index (χ0v) is 16.1. The fraction of sp³-hybridized carbons (Fsp3) is 0.550. The zero-order chi connectivity index (χ0) is 20.7. The summed E-state index contributed by atoms with van der Waals surface area (Å²) in [7, 11) is 0. The Bertz CT molecular complexity index is 693. The van der Waals surface area contributed by atoms with Gasteiger partial charge in [-0.05, 0) is 31.9 Å². The van der Waals surface area contributed by atoms with Crippen molar-refractivity contribution < 1.29 is 34.1 Å². The molecule has 1 heterocycles. The number of hydrogen-bond acceptors (Lipinski definition) is 5. The molecule has 1 fully saturated rings. The summed E-state index contributed by atoms with van der Waals surface area (Å²) in [5, 5.41) is 21.0. The molecular weight excluding hydrogens is 366 g/mol. The van der Waals surface area contributed by atoms with Crippen molar-refractivity contribution in [3.05, 3.63) is 35.4 Å². The number of benzene rings is 1. The second-order valence-electron chi connectivity index (χ2n) is 7.25. The molecule has 3 N–H and O–H groups in total. The molecule has 0 spiro atoms. The Hall–Kier alpha value is -2.45. The van der Waals surface area contributed by atoms with Crippen LogP contribution in [0.2, 0.25) is 0 Å². The molecule has 0 aliphatic carbocycles. The SMILES string of the molecule is Cc1ccc(C(=O)NC(CCCC[C@H]2CO[C@@](C)(C(=O)O)OC2)C(=O)O)cc1. The predicted molar refractivity (Wildman–Crippen MR) is 100.0 cm³/mol. The van der Waals surface area contributed by atoms with E-state index in [9.17, 15) is 19.5 Å². The van der Waals surface area contributed by atoms with Crippen molar-refractivity contribution in [1.82, 2.24) is 5.32 Å². The molecule has 1 saturated heterocycles. The first-order valence-corrected chi connectivity index (χ1v) is 9.33. The molecule has 1 unspecified atom stereocenters. The summed E-state index contributed by atoms with van der Waals surface area (Å²) in [6, 6.07) is 5.97. The molecule has 1 aromatic rings. The van der Waals surface area contributed by atoms with Crippen molar-refractivity contribution in [3.63, 3.8) is 0 Å². The largest absolute Gasteiger partial charge is 0.480 e. The Labute approximate surface area is 163 Å². The third-order valence-electron chi connectivity index (χ3n) is 4.85. The molecule has 1 atom stereocenters. The van der Waals surface area contributed by atoms with Crippen molar-refractivity contribution in [2.45, 2.75) is 51.4 Å². The Kier molecular flexibility index (Phi) is 7.53. The van der Waals surface area contributed by atoms with E-state index in [1.54, 1.807) is 24.3 Å². The third-order valence-corrected chi connectivity index (χ3v) is 4.85. The van der Waals surface area contributed by atoms with Gasteiger partial charge in [-0.1, -0.05) is 30.5 Å². The van der Waals surface area contributed by atoms with Gasteiger partial charge in [-0.3, -0.25) is 4.79 Å². The van der Waals surface area contributed by atoms with Gasteiger partial charge >= 0.3 is 11.9 Å². The summed E-state index contributed by atoms with van der Waals surface area (Å²) in [4.78, 5) is 34.7. The number of carbonyl (C=O) groups excluding carboxylic acids is 1. The molecule has 154 valence electrons. The topological polar surface area (TPSA) is 122 Å². The number of rotatable bonds is 9. The molecule has 8 nitrogen and oxygen atoms in total. The lowest BCUT2D eigenvalue weighted by Gasteiger charge is -2.34. The minimum absolute atomic E-state index is 0.0675. The van der Waals surface area contributed by atoms with Gasteiger partial charge in [-0.2, -0.15) is 0 Å². The van der Waals surface area contributed by atoms with Crippen LogP contribution >= 0.6 is 0 Å². The first-order chi connectivity index (χ1) is 13.2. The molecule has 2 rings (SSSR count). The first kappa shape index (κ1) is 21.8. The van der Waals surface area contributed by atoms with E-state index in [-0.39, 0.29) is 19.1 Å². The number of carboxylic acid groups (broad SMARTS) is 2. The Morgan fingerprint density at radius 2 is 1.75 bits per heavy atom. The van der Waals surface area contributed by atoms with Crippen LogP contribution in [0, 0.1) is 12.8 Å². The van der Waals surface area contributed by atoms with E-state index in [1.165, 1.54) is 6.92 Å². The highest BCUT2D eigenvalue weighted by molar-refractivity contribution is 5.96. The van der Waals surface area contributed by atoms with Crippen LogP contribution < -0.4 is 5.32 Å². The molecule has 1 amide bonds. The molecule has 28 heavy (non-hydrogen) atoms. The van der Waals surface area contributed by atoms with Crippen molar-refractivity contribution in [1.29, 1.82) is 0 Å². The summed E-state index contributed by atoms with van der Waals surface area (Å²) >= 11 is 0. The molecule has 0 saturated carbocycles. The summed E-state index contributed by atoms with van der Waals surface area (Å²) in [6.45, 7) is 3.86. The summed E-state index contributed by atoms with van der Waals surface area (Å²) < 4.78 is 10.6. The van der Waals surface area contributed by atoms with Gasteiger partial charge in [0.15, 0.2) is 0 Å². The molecule has 1 aliphatic heterocycles. The fourth-order valence-electron chi connectivity index (χ4n) is 2.92. The third kappa shape index (κ3) is 6.03. The summed E-state index contributed by atoms with van der Waals surface area (Å²) in [5.41, 5.74) is 1.44. The molecule has 8 heteroatoms. The lowest BCUT2D eigenvalue weighted by atomic mass is 9.99. The molecule has 1 aliphatic rings. The van der Waals surface area contributed by atoms with Crippen molar-refractivity contribution in [2.75, 3.05) is 13.2 Å².